The summed E-state index contributed by atoms with van der Waals surface area (Å²) in [5.74, 6) is 0. The van der Waals surface area contributed by atoms with Gasteiger partial charge in [0.25, 0.3) is 0 Å². The fourth-order valence-corrected chi connectivity index (χ4v) is 1.75. The van der Waals surface area contributed by atoms with Crippen molar-refractivity contribution in [3.63, 3.8) is 0 Å². The minimum absolute atomic E-state index is 0.0893. The molecule has 0 saturated carbocycles. The van der Waals surface area contributed by atoms with Crippen molar-refractivity contribution in [2.24, 2.45) is 5.73 Å². The van der Waals surface area contributed by atoms with Crippen LogP contribution in [0.1, 0.15) is 11.1 Å². The van der Waals surface area contributed by atoms with E-state index in [1.54, 1.807) is 6.07 Å². The molecule has 0 amide bonds. The second-order valence-electron chi connectivity index (χ2n) is 2.47. The number of hydrogen-bond donors (Lipinski definition) is 1. The van der Waals surface area contributed by atoms with Crippen molar-refractivity contribution in [1.29, 1.82) is 0 Å². The van der Waals surface area contributed by atoms with E-state index >= 15 is 0 Å². The monoisotopic (exact) mass is 301 g/mol. The molecule has 0 fully saturated rings. The summed E-state index contributed by atoms with van der Waals surface area (Å²) in [6.07, 6.45) is -4.31. The van der Waals surface area contributed by atoms with Gasteiger partial charge in [-0.05, 0) is 40.3 Å². The van der Waals surface area contributed by atoms with Gasteiger partial charge in [-0.1, -0.05) is 6.07 Å². The van der Waals surface area contributed by atoms with Crippen LogP contribution in [0.4, 0.5) is 13.2 Å². The lowest BCUT2D eigenvalue weighted by Gasteiger charge is -2.12. The molecule has 0 aliphatic rings. The molecular weight excluding hydrogens is 294 g/mol. The summed E-state index contributed by atoms with van der Waals surface area (Å²) in [4.78, 5) is 0. The van der Waals surface area contributed by atoms with Crippen molar-refractivity contribution in [2.75, 3.05) is 0 Å². The quantitative estimate of drug-likeness (QED) is 0.793. The predicted molar refractivity (Wildman–Crippen MR) is 52.1 cm³/mol. The minimum Gasteiger partial charge on any atom is -0.326 e. The van der Waals surface area contributed by atoms with Crippen molar-refractivity contribution in [1.82, 2.24) is 0 Å². The fourth-order valence-electron chi connectivity index (χ4n) is 1.03. The van der Waals surface area contributed by atoms with Crippen LogP contribution in [0.15, 0.2) is 18.2 Å². The average Bonchev–Trinajstić information content (AvgIpc) is 2.02. The van der Waals surface area contributed by atoms with Gasteiger partial charge >= 0.3 is 6.18 Å². The van der Waals surface area contributed by atoms with Crippen LogP contribution in [0.25, 0.3) is 0 Å². The Morgan fingerprint density at radius 3 is 2.31 bits per heavy atom. The zero-order valence-electron chi connectivity index (χ0n) is 6.53. The summed E-state index contributed by atoms with van der Waals surface area (Å²) in [6, 6.07) is 4.03. The Bertz CT molecular complexity index is 309. The van der Waals surface area contributed by atoms with Crippen LogP contribution in [-0.2, 0) is 12.7 Å². The molecule has 1 aromatic carbocycles. The molecule has 0 unspecified atom stereocenters. The van der Waals surface area contributed by atoms with E-state index in [2.05, 4.69) is 0 Å². The van der Waals surface area contributed by atoms with Gasteiger partial charge in [-0.25, -0.2) is 0 Å². The molecule has 0 heterocycles. The topological polar surface area (TPSA) is 26.0 Å². The third-order valence-corrected chi connectivity index (χ3v) is 2.64. The summed E-state index contributed by atoms with van der Waals surface area (Å²) in [7, 11) is 0. The third kappa shape index (κ3) is 2.34. The molecule has 0 radical (unpaired) electrons. The predicted octanol–water partition coefficient (Wildman–Crippen LogP) is 2.77. The molecule has 0 saturated heterocycles. The van der Waals surface area contributed by atoms with Gasteiger partial charge in [-0.3, -0.25) is 0 Å². The van der Waals surface area contributed by atoms with Gasteiger partial charge in [0.2, 0.25) is 0 Å². The summed E-state index contributed by atoms with van der Waals surface area (Å²) in [5.41, 5.74) is 4.77. The van der Waals surface area contributed by atoms with Crippen molar-refractivity contribution in [2.45, 2.75) is 12.7 Å². The Kier molecular flexibility index (Phi) is 3.18. The Labute approximate surface area is 87.3 Å². The van der Waals surface area contributed by atoms with E-state index in [0.29, 0.717) is 3.57 Å². The first-order valence-corrected chi connectivity index (χ1v) is 4.59. The number of halogens is 4. The maximum Gasteiger partial charge on any atom is 0.416 e. The van der Waals surface area contributed by atoms with Crippen LogP contribution in [0.2, 0.25) is 0 Å². The van der Waals surface area contributed by atoms with Crippen molar-refractivity contribution < 1.29 is 13.2 Å². The van der Waals surface area contributed by atoms with Gasteiger partial charge < -0.3 is 5.73 Å². The summed E-state index contributed by atoms with van der Waals surface area (Å²) < 4.78 is 37.6. The standard InChI is InChI=1S/C8H7F3IN/c9-8(10,11)6-2-1-3-7(12)5(6)4-13/h1-3H,4,13H2. The van der Waals surface area contributed by atoms with Crippen LogP contribution in [0.3, 0.4) is 0 Å². The smallest absolute Gasteiger partial charge is 0.326 e. The number of alkyl halides is 3. The lowest BCUT2D eigenvalue weighted by Crippen LogP contribution is -2.13. The molecule has 72 valence electrons. The maximum absolute atomic E-state index is 12.4. The molecule has 0 atom stereocenters. The van der Waals surface area contributed by atoms with Crippen LogP contribution >= 0.6 is 22.6 Å². The van der Waals surface area contributed by atoms with Crippen molar-refractivity contribution in [3.05, 3.63) is 32.9 Å². The highest BCUT2D eigenvalue weighted by atomic mass is 127. The Morgan fingerprint density at radius 2 is 1.92 bits per heavy atom. The molecule has 2 N–H and O–H groups in total. The van der Waals surface area contributed by atoms with E-state index in [4.69, 9.17) is 5.73 Å². The second-order valence-corrected chi connectivity index (χ2v) is 3.63. The highest BCUT2D eigenvalue weighted by molar-refractivity contribution is 14.1. The summed E-state index contributed by atoms with van der Waals surface area (Å²) >= 11 is 1.85. The Hall–Kier alpha value is -0.300. The fraction of sp³-hybridized carbons (Fsp3) is 0.250. The molecule has 13 heavy (non-hydrogen) atoms. The number of hydrogen-bond acceptors (Lipinski definition) is 1. The highest BCUT2D eigenvalue weighted by Gasteiger charge is 2.33. The van der Waals surface area contributed by atoms with Gasteiger partial charge in [0.05, 0.1) is 5.56 Å². The molecule has 1 nitrogen and oxygen atoms in total. The lowest BCUT2D eigenvalue weighted by molar-refractivity contribution is -0.138. The molecule has 0 aliphatic heterocycles. The van der Waals surface area contributed by atoms with E-state index in [1.807, 2.05) is 22.6 Å². The van der Waals surface area contributed by atoms with E-state index in [9.17, 15) is 13.2 Å². The molecule has 5 heteroatoms. The molecule has 0 bridgehead atoms. The van der Waals surface area contributed by atoms with Gasteiger partial charge in [0.15, 0.2) is 0 Å². The highest BCUT2D eigenvalue weighted by Crippen LogP contribution is 2.33. The maximum atomic E-state index is 12.4. The van der Waals surface area contributed by atoms with Crippen LogP contribution in [0.5, 0.6) is 0 Å². The first kappa shape index (κ1) is 10.8. The lowest BCUT2D eigenvalue weighted by atomic mass is 10.1. The van der Waals surface area contributed by atoms with E-state index in [-0.39, 0.29) is 12.1 Å². The van der Waals surface area contributed by atoms with Crippen LogP contribution in [-0.4, -0.2) is 0 Å². The van der Waals surface area contributed by atoms with Crippen LogP contribution in [0, 0.1) is 3.57 Å². The summed E-state index contributed by atoms with van der Waals surface area (Å²) in [5, 5.41) is 0. The molecule has 0 aromatic heterocycles. The number of rotatable bonds is 1. The van der Waals surface area contributed by atoms with Gasteiger partial charge in [-0.2, -0.15) is 13.2 Å². The van der Waals surface area contributed by atoms with E-state index in [1.165, 1.54) is 6.07 Å². The van der Waals surface area contributed by atoms with Gasteiger partial charge in [0, 0.05) is 10.1 Å². The van der Waals surface area contributed by atoms with E-state index in [0.717, 1.165) is 6.07 Å². The first-order valence-electron chi connectivity index (χ1n) is 3.51. The first-order chi connectivity index (χ1) is 5.96. The Balaban J connectivity index is 3.29. The molecule has 0 aliphatic carbocycles. The van der Waals surface area contributed by atoms with Gasteiger partial charge in [0.1, 0.15) is 0 Å². The number of nitrogens with two attached hydrogens (primary N) is 1. The largest absolute Gasteiger partial charge is 0.416 e. The SMILES string of the molecule is NCc1c(I)cccc1C(F)(F)F. The summed E-state index contributed by atoms with van der Waals surface area (Å²) in [6.45, 7) is -0.0893. The molecule has 1 rings (SSSR count). The van der Waals surface area contributed by atoms with E-state index < -0.39 is 11.7 Å². The molecular formula is C8H7F3IN. The zero-order chi connectivity index (χ0) is 10.1. The number of benzene rings is 1. The van der Waals surface area contributed by atoms with Crippen molar-refractivity contribution in [3.8, 4) is 0 Å². The minimum atomic E-state index is -4.31. The third-order valence-electron chi connectivity index (χ3n) is 1.63. The van der Waals surface area contributed by atoms with Crippen LogP contribution < -0.4 is 5.73 Å². The average molecular weight is 301 g/mol. The normalized spacial score (nSPS) is 11.8. The molecule has 0 spiro atoms. The molecule has 1 aromatic rings. The zero-order valence-corrected chi connectivity index (χ0v) is 8.69. The van der Waals surface area contributed by atoms with Crippen molar-refractivity contribution >= 4 is 22.6 Å². The van der Waals surface area contributed by atoms with Gasteiger partial charge in [-0.15, -0.1) is 0 Å². The second kappa shape index (κ2) is 3.83. The Morgan fingerprint density at radius 1 is 1.31 bits per heavy atom.